The largest absolute Gasteiger partial charge is 0.480 e. The lowest BCUT2D eigenvalue weighted by atomic mass is 9.92. The highest BCUT2D eigenvalue weighted by molar-refractivity contribution is 5.68. The van der Waals surface area contributed by atoms with E-state index in [1.165, 1.54) is 12.3 Å². The van der Waals surface area contributed by atoms with Gasteiger partial charge in [0.25, 0.3) is 0 Å². The number of carboxylic acid groups (broad SMARTS) is 1. The average molecular weight is 268 g/mol. The highest BCUT2D eigenvalue weighted by Gasteiger charge is 2.42. The fourth-order valence-corrected chi connectivity index (χ4v) is 2.28. The Morgan fingerprint density at radius 3 is 2.89 bits per heavy atom. The van der Waals surface area contributed by atoms with E-state index < -0.39 is 11.6 Å². The molecule has 2 rings (SSSR count). The van der Waals surface area contributed by atoms with E-state index in [1.54, 1.807) is 6.20 Å². The highest BCUT2D eigenvalue weighted by atomic mass is 19.1. The van der Waals surface area contributed by atoms with Crippen molar-refractivity contribution in [1.29, 1.82) is 0 Å². The lowest BCUT2D eigenvalue weighted by molar-refractivity contribution is -0.169. The molecule has 0 amide bonds. The van der Waals surface area contributed by atoms with Crippen LogP contribution >= 0.6 is 0 Å². The molecule has 19 heavy (non-hydrogen) atoms. The molecule has 6 heteroatoms. The van der Waals surface area contributed by atoms with Gasteiger partial charge in [0.05, 0.1) is 11.8 Å². The van der Waals surface area contributed by atoms with Gasteiger partial charge in [0.15, 0.2) is 0 Å². The summed E-state index contributed by atoms with van der Waals surface area (Å²) < 4.78 is 18.4. The lowest BCUT2D eigenvalue weighted by Crippen LogP contribution is -2.62. The fourth-order valence-electron chi connectivity index (χ4n) is 2.28. The average Bonchev–Trinajstić information content (AvgIpc) is 2.32. The first-order valence-corrected chi connectivity index (χ1v) is 6.10. The van der Waals surface area contributed by atoms with E-state index in [0.29, 0.717) is 13.1 Å². The minimum atomic E-state index is -0.970. The summed E-state index contributed by atoms with van der Waals surface area (Å²) in [6.07, 6.45) is 2.81. The maximum Gasteiger partial charge on any atom is 0.329 e. The smallest absolute Gasteiger partial charge is 0.329 e. The van der Waals surface area contributed by atoms with E-state index in [0.717, 1.165) is 5.56 Å². The molecule has 0 aromatic carbocycles. The van der Waals surface area contributed by atoms with Crippen LogP contribution < -0.4 is 0 Å². The van der Waals surface area contributed by atoms with Crippen molar-refractivity contribution >= 4 is 5.97 Å². The Labute approximate surface area is 111 Å². The van der Waals surface area contributed by atoms with Crippen LogP contribution in [0.15, 0.2) is 18.5 Å². The Balaban J connectivity index is 1.91. The second kappa shape index (κ2) is 5.22. The molecule has 0 saturated carbocycles. The summed E-state index contributed by atoms with van der Waals surface area (Å²) in [5, 5.41) is 8.59. The van der Waals surface area contributed by atoms with Gasteiger partial charge < -0.3 is 9.84 Å². The molecule has 104 valence electrons. The molecule has 5 nitrogen and oxygen atoms in total. The first kappa shape index (κ1) is 13.9. The number of nitrogens with zero attached hydrogens (tertiary/aromatic N) is 2. The fraction of sp³-hybridized carbons (Fsp3) is 0.538. The number of rotatable bonds is 5. The van der Waals surface area contributed by atoms with Crippen LogP contribution in [0.25, 0.3) is 0 Å². The van der Waals surface area contributed by atoms with Crippen LogP contribution in [0.3, 0.4) is 0 Å². The molecule has 1 aliphatic heterocycles. The SMILES string of the molecule is CC(c1cncc(F)c1)N1CC(C)(OCC(=O)O)C1. The predicted octanol–water partition coefficient (Wildman–Crippen LogP) is 1.46. The van der Waals surface area contributed by atoms with Crippen molar-refractivity contribution in [2.24, 2.45) is 0 Å². The van der Waals surface area contributed by atoms with Crippen molar-refractivity contribution in [1.82, 2.24) is 9.88 Å². The minimum absolute atomic E-state index is 0.0321. The second-order valence-electron chi connectivity index (χ2n) is 5.15. The molecule has 1 saturated heterocycles. The number of carbonyl (C=O) groups is 1. The molecule has 1 aliphatic rings. The number of carboxylic acids is 1. The quantitative estimate of drug-likeness (QED) is 0.876. The molecular formula is C13H17FN2O3. The van der Waals surface area contributed by atoms with E-state index >= 15 is 0 Å². The van der Waals surface area contributed by atoms with Crippen molar-refractivity contribution in [3.05, 3.63) is 29.8 Å². The number of ether oxygens (including phenoxy) is 1. The third kappa shape index (κ3) is 3.27. The Kier molecular flexibility index (Phi) is 3.82. The molecule has 0 radical (unpaired) electrons. The Morgan fingerprint density at radius 1 is 1.63 bits per heavy atom. The maximum atomic E-state index is 13.1. The minimum Gasteiger partial charge on any atom is -0.480 e. The zero-order valence-corrected chi connectivity index (χ0v) is 11.0. The summed E-state index contributed by atoms with van der Waals surface area (Å²) in [6.45, 7) is 4.80. The first-order valence-electron chi connectivity index (χ1n) is 6.10. The van der Waals surface area contributed by atoms with Crippen molar-refractivity contribution in [2.75, 3.05) is 19.7 Å². The summed E-state index contributed by atoms with van der Waals surface area (Å²) in [4.78, 5) is 16.4. The molecule has 1 N–H and O–H groups in total. The zero-order valence-electron chi connectivity index (χ0n) is 11.0. The number of hydrogen-bond donors (Lipinski definition) is 1. The third-order valence-electron chi connectivity index (χ3n) is 3.38. The number of halogens is 1. The number of aliphatic carboxylic acids is 1. The number of pyridine rings is 1. The molecule has 0 aliphatic carbocycles. The molecule has 1 atom stereocenters. The molecule has 0 bridgehead atoms. The Bertz CT molecular complexity index is 475. The van der Waals surface area contributed by atoms with Crippen LogP contribution in [-0.4, -0.2) is 46.3 Å². The van der Waals surface area contributed by atoms with Gasteiger partial charge in [-0.2, -0.15) is 0 Å². The molecule has 2 heterocycles. The van der Waals surface area contributed by atoms with Crippen molar-refractivity contribution in [3.63, 3.8) is 0 Å². The predicted molar refractivity (Wildman–Crippen MR) is 66.2 cm³/mol. The van der Waals surface area contributed by atoms with Crippen LogP contribution in [0.5, 0.6) is 0 Å². The molecule has 1 fully saturated rings. The maximum absolute atomic E-state index is 13.1. The van der Waals surface area contributed by atoms with Crippen molar-refractivity contribution < 1.29 is 19.0 Å². The van der Waals surface area contributed by atoms with E-state index in [-0.39, 0.29) is 18.5 Å². The van der Waals surface area contributed by atoms with E-state index in [1.807, 2.05) is 13.8 Å². The van der Waals surface area contributed by atoms with Crippen LogP contribution in [-0.2, 0) is 9.53 Å². The van der Waals surface area contributed by atoms with Gasteiger partial charge in [-0.3, -0.25) is 9.88 Å². The molecule has 1 aromatic heterocycles. The molecule has 1 aromatic rings. The zero-order chi connectivity index (χ0) is 14.0. The van der Waals surface area contributed by atoms with E-state index in [4.69, 9.17) is 9.84 Å². The molecular weight excluding hydrogens is 251 g/mol. The van der Waals surface area contributed by atoms with Crippen LogP contribution in [0.2, 0.25) is 0 Å². The number of hydrogen-bond acceptors (Lipinski definition) is 4. The van der Waals surface area contributed by atoms with Gasteiger partial charge in [-0.1, -0.05) is 0 Å². The topological polar surface area (TPSA) is 62.7 Å². The van der Waals surface area contributed by atoms with Crippen LogP contribution in [0.4, 0.5) is 4.39 Å². The van der Waals surface area contributed by atoms with Gasteiger partial charge in [0.2, 0.25) is 0 Å². The number of likely N-dealkylation sites (tertiary alicyclic amines) is 1. The summed E-state index contributed by atoms with van der Waals surface area (Å²) >= 11 is 0. The van der Waals surface area contributed by atoms with Gasteiger partial charge in [-0.05, 0) is 25.5 Å². The van der Waals surface area contributed by atoms with Gasteiger partial charge in [0.1, 0.15) is 12.4 Å². The van der Waals surface area contributed by atoms with Crippen LogP contribution in [0.1, 0.15) is 25.5 Å². The van der Waals surface area contributed by atoms with Gasteiger partial charge in [-0.25, -0.2) is 9.18 Å². The number of aromatic nitrogens is 1. The standard InChI is InChI=1S/C13H17FN2O3/c1-9(10-3-11(14)5-15-4-10)16-7-13(2,8-16)19-6-12(17)18/h3-5,9H,6-8H2,1-2H3,(H,17,18). The van der Waals surface area contributed by atoms with Crippen LogP contribution in [0, 0.1) is 5.82 Å². The first-order chi connectivity index (χ1) is 8.89. The Morgan fingerprint density at radius 2 is 2.32 bits per heavy atom. The van der Waals surface area contributed by atoms with E-state index in [2.05, 4.69) is 9.88 Å². The van der Waals surface area contributed by atoms with Gasteiger partial charge in [0, 0.05) is 25.3 Å². The van der Waals surface area contributed by atoms with Crippen molar-refractivity contribution in [2.45, 2.75) is 25.5 Å². The summed E-state index contributed by atoms with van der Waals surface area (Å²) in [7, 11) is 0. The summed E-state index contributed by atoms with van der Waals surface area (Å²) in [5.41, 5.74) is 0.369. The molecule has 0 spiro atoms. The highest BCUT2D eigenvalue weighted by Crippen LogP contribution is 2.32. The summed E-state index contributed by atoms with van der Waals surface area (Å²) in [5.74, 6) is -1.32. The van der Waals surface area contributed by atoms with Gasteiger partial charge in [-0.15, -0.1) is 0 Å². The second-order valence-corrected chi connectivity index (χ2v) is 5.15. The van der Waals surface area contributed by atoms with Gasteiger partial charge >= 0.3 is 5.97 Å². The third-order valence-corrected chi connectivity index (χ3v) is 3.38. The normalized spacial score (nSPS) is 19.7. The molecule has 1 unspecified atom stereocenters. The van der Waals surface area contributed by atoms with Crippen molar-refractivity contribution in [3.8, 4) is 0 Å². The summed E-state index contributed by atoms with van der Waals surface area (Å²) in [6, 6.07) is 1.50. The monoisotopic (exact) mass is 268 g/mol. The lowest BCUT2D eigenvalue weighted by Gasteiger charge is -2.50. The Hall–Kier alpha value is -1.53. The van der Waals surface area contributed by atoms with E-state index in [9.17, 15) is 9.18 Å².